The summed E-state index contributed by atoms with van der Waals surface area (Å²) in [7, 11) is 0. The number of ketones is 1. The molecule has 0 radical (unpaired) electrons. The van der Waals surface area contributed by atoms with E-state index in [9.17, 15) is 14.0 Å². The van der Waals surface area contributed by atoms with Crippen LogP contribution in [0, 0.1) is 19.7 Å². The van der Waals surface area contributed by atoms with Crippen LogP contribution in [0.5, 0.6) is 0 Å². The van der Waals surface area contributed by atoms with E-state index in [1.165, 1.54) is 12.1 Å². The number of aromatic nitrogens is 1. The van der Waals surface area contributed by atoms with Crippen LogP contribution in [0.4, 0.5) is 4.39 Å². The number of aliphatic hydroxyl groups is 1. The smallest absolute Gasteiger partial charge is 0.338 e. The number of hydrogen-bond donors (Lipinski definition) is 1. The van der Waals surface area contributed by atoms with E-state index in [0.29, 0.717) is 22.4 Å². The van der Waals surface area contributed by atoms with Crippen molar-refractivity contribution in [1.29, 1.82) is 0 Å². The van der Waals surface area contributed by atoms with Crippen molar-refractivity contribution in [2.45, 2.75) is 20.5 Å². The molecule has 3 rings (SSSR count). The van der Waals surface area contributed by atoms with Gasteiger partial charge in [0.2, 0.25) is 5.78 Å². The van der Waals surface area contributed by atoms with Crippen LogP contribution in [0.25, 0.3) is 5.69 Å². The summed E-state index contributed by atoms with van der Waals surface area (Å²) in [5.74, 6) is -1.26. The van der Waals surface area contributed by atoms with Crippen molar-refractivity contribution in [1.82, 2.24) is 4.57 Å². The predicted molar refractivity (Wildman–Crippen MR) is 102 cm³/mol. The van der Waals surface area contributed by atoms with Crippen LogP contribution in [0.2, 0.25) is 0 Å². The summed E-state index contributed by atoms with van der Waals surface area (Å²) in [5.41, 5.74) is 3.69. The third-order valence-electron chi connectivity index (χ3n) is 4.52. The van der Waals surface area contributed by atoms with E-state index < -0.39 is 5.97 Å². The quantitative estimate of drug-likeness (QED) is 0.521. The zero-order chi connectivity index (χ0) is 20.3. The molecule has 1 heterocycles. The van der Waals surface area contributed by atoms with E-state index in [4.69, 9.17) is 9.84 Å². The molecule has 0 unspecified atom stereocenters. The Balaban J connectivity index is 1.73. The normalized spacial score (nSPS) is 10.7. The number of aliphatic hydroxyl groups excluding tert-OH is 1. The van der Waals surface area contributed by atoms with E-state index in [2.05, 4.69) is 0 Å². The Kier molecular flexibility index (Phi) is 5.70. The Hall–Kier alpha value is -3.25. The number of benzene rings is 2. The van der Waals surface area contributed by atoms with Gasteiger partial charge in [-0.2, -0.15) is 0 Å². The van der Waals surface area contributed by atoms with Gasteiger partial charge in [0.05, 0.1) is 12.2 Å². The number of rotatable bonds is 6. The molecule has 28 heavy (non-hydrogen) atoms. The van der Waals surface area contributed by atoms with Crippen LogP contribution in [-0.2, 0) is 11.3 Å². The second-order valence-corrected chi connectivity index (χ2v) is 6.45. The van der Waals surface area contributed by atoms with Crippen molar-refractivity contribution in [2.75, 3.05) is 6.61 Å². The highest BCUT2D eigenvalue weighted by Crippen LogP contribution is 2.21. The van der Waals surface area contributed by atoms with Gasteiger partial charge >= 0.3 is 5.97 Å². The van der Waals surface area contributed by atoms with Crippen molar-refractivity contribution >= 4 is 11.8 Å². The molecule has 3 aromatic rings. The van der Waals surface area contributed by atoms with E-state index >= 15 is 0 Å². The molecule has 0 bridgehead atoms. The van der Waals surface area contributed by atoms with Crippen LogP contribution in [0.15, 0.2) is 54.6 Å². The number of nitrogens with zero attached hydrogens (tertiary/aromatic N) is 1. The highest BCUT2D eigenvalue weighted by Gasteiger charge is 2.18. The first-order chi connectivity index (χ1) is 13.4. The maximum atomic E-state index is 13.2. The van der Waals surface area contributed by atoms with Gasteiger partial charge in [0, 0.05) is 22.6 Å². The molecular weight excluding hydrogens is 361 g/mol. The highest BCUT2D eigenvalue weighted by molar-refractivity contribution is 6.00. The van der Waals surface area contributed by atoms with Gasteiger partial charge in [-0.15, -0.1) is 0 Å². The Morgan fingerprint density at radius 1 is 1.04 bits per heavy atom. The van der Waals surface area contributed by atoms with Crippen LogP contribution in [0.3, 0.4) is 0 Å². The zero-order valence-corrected chi connectivity index (χ0v) is 15.6. The van der Waals surface area contributed by atoms with E-state index in [0.717, 1.165) is 11.4 Å². The molecule has 0 amide bonds. The molecule has 2 aromatic carbocycles. The summed E-state index contributed by atoms with van der Waals surface area (Å²) in [4.78, 5) is 24.7. The van der Waals surface area contributed by atoms with Gasteiger partial charge in [0.25, 0.3) is 0 Å². The largest absolute Gasteiger partial charge is 0.454 e. The summed E-state index contributed by atoms with van der Waals surface area (Å²) >= 11 is 0. The average molecular weight is 381 g/mol. The molecule has 0 aliphatic rings. The maximum absolute atomic E-state index is 13.2. The van der Waals surface area contributed by atoms with Gasteiger partial charge in [0.15, 0.2) is 6.61 Å². The number of carbonyl (C=O) groups excluding carboxylic acids is 2. The summed E-state index contributed by atoms with van der Waals surface area (Å²) in [6.07, 6.45) is 0. The molecule has 5 nitrogen and oxygen atoms in total. The van der Waals surface area contributed by atoms with Gasteiger partial charge in [-0.05, 0) is 61.9 Å². The number of ether oxygens (including phenoxy) is 1. The molecule has 6 heteroatoms. The first-order valence-corrected chi connectivity index (χ1v) is 8.75. The van der Waals surface area contributed by atoms with Gasteiger partial charge in [-0.3, -0.25) is 4.79 Å². The lowest BCUT2D eigenvalue weighted by molar-refractivity contribution is 0.0474. The molecule has 0 atom stereocenters. The molecule has 0 aliphatic heterocycles. The Labute approximate surface area is 162 Å². The number of halogens is 1. The molecule has 0 spiro atoms. The molecule has 144 valence electrons. The van der Waals surface area contributed by atoms with E-state index in [1.54, 1.807) is 49.4 Å². The van der Waals surface area contributed by atoms with Crippen molar-refractivity contribution in [2.24, 2.45) is 0 Å². The van der Waals surface area contributed by atoms with Crippen LogP contribution < -0.4 is 0 Å². The summed E-state index contributed by atoms with van der Waals surface area (Å²) in [5, 5.41) is 9.03. The number of Topliss-reactive ketones (excluding diaryl/α,β-unsaturated/α-hetero) is 1. The molecule has 1 aromatic heterocycles. The molecule has 1 N–H and O–H groups in total. The Bertz CT molecular complexity index is 1000. The minimum Gasteiger partial charge on any atom is -0.454 e. The topological polar surface area (TPSA) is 68.5 Å². The predicted octanol–water partition coefficient (Wildman–Crippen LogP) is 3.77. The zero-order valence-electron chi connectivity index (χ0n) is 15.6. The van der Waals surface area contributed by atoms with E-state index in [1.807, 2.05) is 11.5 Å². The summed E-state index contributed by atoms with van der Waals surface area (Å²) in [6, 6.07) is 14.0. The van der Waals surface area contributed by atoms with Crippen molar-refractivity contribution in [3.8, 4) is 5.69 Å². The maximum Gasteiger partial charge on any atom is 0.338 e. The molecule has 0 aliphatic carbocycles. The average Bonchev–Trinajstić information content (AvgIpc) is 3.01. The van der Waals surface area contributed by atoms with Crippen LogP contribution in [0.1, 0.15) is 37.7 Å². The monoisotopic (exact) mass is 381 g/mol. The fraction of sp³-hybridized carbons (Fsp3) is 0.182. The molecule has 0 saturated heterocycles. The van der Waals surface area contributed by atoms with Crippen molar-refractivity contribution in [3.63, 3.8) is 0 Å². The third kappa shape index (κ3) is 4.02. The highest BCUT2D eigenvalue weighted by atomic mass is 19.1. The number of esters is 1. The number of hydrogen-bond acceptors (Lipinski definition) is 4. The van der Waals surface area contributed by atoms with Crippen LogP contribution >= 0.6 is 0 Å². The van der Waals surface area contributed by atoms with E-state index in [-0.39, 0.29) is 24.8 Å². The molecular formula is C22H20FNO4. The van der Waals surface area contributed by atoms with Gasteiger partial charge in [0.1, 0.15) is 5.82 Å². The van der Waals surface area contributed by atoms with Gasteiger partial charge < -0.3 is 14.4 Å². The second kappa shape index (κ2) is 8.19. The fourth-order valence-electron chi connectivity index (χ4n) is 3.07. The summed E-state index contributed by atoms with van der Waals surface area (Å²) < 4.78 is 20.2. The number of aryl methyl sites for hydroxylation is 1. The van der Waals surface area contributed by atoms with Gasteiger partial charge in [-0.1, -0.05) is 12.1 Å². The number of carbonyl (C=O) groups is 2. The fourth-order valence-corrected chi connectivity index (χ4v) is 3.07. The minimum atomic E-state index is -0.606. The lowest BCUT2D eigenvalue weighted by Crippen LogP contribution is -2.15. The van der Waals surface area contributed by atoms with Crippen molar-refractivity contribution < 1.29 is 23.8 Å². The SMILES string of the molecule is Cc1cc(C(=O)COC(=O)c2ccc(CO)cc2)c(C)n1-c1ccc(F)cc1. The first kappa shape index (κ1) is 19.5. The Morgan fingerprint density at radius 2 is 1.68 bits per heavy atom. The first-order valence-electron chi connectivity index (χ1n) is 8.75. The van der Waals surface area contributed by atoms with Crippen molar-refractivity contribution in [3.05, 3.63) is 88.5 Å². The molecule has 0 saturated carbocycles. The van der Waals surface area contributed by atoms with Crippen LogP contribution in [-0.4, -0.2) is 28.0 Å². The Morgan fingerprint density at radius 3 is 2.29 bits per heavy atom. The standard InChI is InChI=1S/C22H20FNO4/c1-14-11-20(15(2)24(14)19-9-7-18(23)8-10-19)21(26)13-28-22(27)17-5-3-16(12-25)4-6-17/h3-11,25H,12-13H2,1-2H3. The lowest BCUT2D eigenvalue weighted by atomic mass is 10.1. The second-order valence-electron chi connectivity index (χ2n) is 6.45. The third-order valence-corrected chi connectivity index (χ3v) is 4.52. The lowest BCUT2D eigenvalue weighted by Gasteiger charge is -2.10. The summed E-state index contributed by atoms with van der Waals surface area (Å²) in [6.45, 7) is 3.15. The van der Waals surface area contributed by atoms with Gasteiger partial charge in [-0.25, -0.2) is 9.18 Å². The molecule has 0 fully saturated rings. The minimum absolute atomic E-state index is 0.114.